The van der Waals surface area contributed by atoms with Gasteiger partial charge in [-0.3, -0.25) is 9.88 Å². The van der Waals surface area contributed by atoms with Crippen LogP contribution < -0.4 is 0 Å². The van der Waals surface area contributed by atoms with Crippen LogP contribution in [-0.4, -0.2) is 15.0 Å². The zero-order chi connectivity index (χ0) is 14.2. The molecule has 1 aliphatic heterocycles. The summed E-state index contributed by atoms with van der Waals surface area (Å²) in [5.74, 6) is 0.249. The molecule has 0 atom stereocenters. The predicted molar refractivity (Wildman–Crippen MR) is 82.8 cm³/mol. The Hall–Kier alpha value is -2.39. The van der Waals surface area contributed by atoms with Crippen molar-refractivity contribution in [1.82, 2.24) is 9.88 Å². The Balaban J connectivity index is 1.66. The van der Waals surface area contributed by atoms with Crippen molar-refractivity contribution in [2.75, 3.05) is 0 Å². The van der Waals surface area contributed by atoms with E-state index in [1.165, 1.54) is 16.7 Å². The lowest BCUT2D eigenvalue weighted by molar-refractivity contribution is 0.276. The van der Waals surface area contributed by atoms with E-state index >= 15 is 0 Å². The van der Waals surface area contributed by atoms with E-state index in [9.17, 15) is 5.11 Å². The summed E-state index contributed by atoms with van der Waals surface area (Å²) in [4.78, 5) is 6.71. The van der Waals surface area contributed by atoms with Crippen molar-refractivity contribution in [3.63, 3.8) is 0 Å². The summed E-state index contributed by atoms with van der Waals surface area (Å²) >= 11 is 0. The molecule has 3 aromatic rings. The molecule has 1 aliphatic rings. The zero-order valence-electron chi connectivity index (χ0n) is 11.7. The van der Waals surface area contributed by atoms with Gasteiger partial charge in [-0.15, -0.1) is 0 Å². The molecule has 0 saturated carbocycles. The zero-order valence-corrected chi connectivity index (χ0v) is 11.7. The van der Waals surface area contributed by atoms with Gasteiger partial charge < -0.3 is 5.11 Å². The number of fused-ring (bicyclic) bond motifs is 2. The highest BCUT2D eigenvalue weighted by atomic mass is 16.3. The third-order valence-corrected chi connectivity index (χ3v) is 4.14. The first-order chi connectivity index (χ1) is 10.3. The average Bonchev–Trinajstić information content (AvgIpc) is 2.93. The molecule has 0 saturated heterocycles. The van der Waals surface area contributed by atoms with Gasteiger partial charge in [-0.05, 0) is 28.8 Å². The van der Waals surface area contributed by atoms with Gasteiger partial charge in [0.05, 0.1) is 0 Å². The SMILES string of the molecule is Oc1ccc(CN2Cc3ccccc3C2)c2cccnc12. The minimum atomic E-state index is 0.249. The molecule has 21 heavy (non-hydrogen) atoms. The lowest BCUT2D eigenvalue weighted by Crippen LogP contribution is -2.15. The first kappa shape index (κ1) is 12.4. The van der Waals surface area contributed by atoms with Crippen LogP contribution >= 0.6 is 0 Å². The fourth-order valence-electron chi connectivity index (χ4n) is 3.11. The minimum absolute atomic E-state index is 0.249. The van der Waals surface area contributed by atoms with Crippen LogP contribution in [0.5, 0.6) is 5.75 Å². The Morgan fingerprint density at radius 3 is 2.48 bits per heavy atom. The van der Waals surface area contributed by atoms with Gasteiger partial charge >= 0.3 is 0 Å². The van der Waals surface area contributed by atoms with Gasteiger partial charge in [-0.25, -0.2) is 0 Å². The van der Waals surface area contributed by atoms with Crippen LogP contribution in [0.4, 0.5) is 0 Å². The van der Waals surface area contributed by atoms with Crippen molar-refractivity contribution in [3.05, 3.63) is 71.4 Å². The summed E-state index contributed by atoms with van der Waals surface area (Å²) in [7, 11) is 0. The van der Waals surface area contributed by atoms with Gasteiger partial charge in [0, 0.05) is 31.2 Å². The summed E-state index contributed by atoms with van der Waals surface area (Å²) in [5.41, 5.74) is 4.73. The number of hydrogen-bond acceptors (Lipinski definition) is 3. The fraction of sp³-hybridized carbons (Fsp3) is 0.167. The van der Waals surface area contributed by atoms with E-state index in [1.54, 1.807) is 12.3 Å². The second-order valence-corrected chi connectivity index (χ2v) is 5.56. The first-order valence-electron chi connectivity index (χ1n) is 7.16. The maximum Gasteiger partial charge on any atom is 0.141 e. The molecule has 0 radical (unpaired) electrons. The van der Waals surface area contributed by atoms with E-state index in [1.807, 2.05) is 18.2 Å². The number of benzene rings is 2. The van der Waals surface area contributed by atoms with Crippen LogP contribution in [-0.2, 0) is 19.6 Å². The third kappa shape index (κ3) is 2.16. The van der Waals surface area contributed by atoms with Crippen molar-refractivity contribution >= 4 is 10.9 Å². The topological polar surface area (TPSA) is 36.4 Å². The van der Waals surface area contributed by atoms with Crippen LogP contribution in [0.1, 0.15) is 16.7 Å². The van der Waals surface area contributed by atoms with Crippen molar-refractivity contribution in [2.24, 2.45) is 0 Å². The van der Waals surface area contributed by atoms with Crippen molar-refractivity contribution in [1.29, 1.82) is 0 Å². The number of aromatic hydroxyl groups is 1. The molecule has 4 rings (SSSR count). The monoisotopic (exact) mass is 276 g/mol. The molecule has 0 unspecified atom stereocenters. The molecule has 1 aromatic heterocycles. The molecule has 104 valence electrons. The smallest absolute Gasteiger partial charge is 0.141 e. The fourth-order valence-corrected chi connectivity index (χ4v) is 3.11. The molecule has 2 heterocycles. The normalized spacial score (nSPS) is 14.5. The van der Waals surface area contributed by atoms with Crippen molar-refractivity contribution in [3.8, 4) is 5.75 Å². The largest absolute Gasteiger partial charge is 0.506 e. The molecule has 0 aliphatic carbocycles. The van der Waals surface area contributed by atoms with E-state index < -0.39 is 0 Å². The summed E-state index contributed by atoms with van der Waals surface area (Å²) in [6.07, 6.45) is 1.72. The van der Waals surface area contributed by atoms with Gasteiger partial charge in [-0.2, -0.15) is 0 Å². The van der Waals surface area contributed by atoms with Crippen LogP contribution in [0.3, 0.4) is 0 Å². The molecule has 3 nitrogen and oxygen atoms in total. The van der Waals surface area contributed by atoms with Gasteiger partial charge in [0.15, 0.2) is 0 Å². The Kier molecular flexibility index (Phi) is 2.86. The Morgan fingerprint density at radius 2 is 1.71 bits per heavy atom. The van der Waals surface area contributed by atoms with Gasteiger partial charge in [0.2, 0.25) is 0 Å². The van der Waals surface area contributed by atoms with Crippen molar-refractivity contribution < 1.29 is 5.11 Å². The van der Waals surface area contributed by atoms with E-state index in [4.69, 9.17) is 0 Å². The van der Waals surface area contributed by atoms with Gasteiger partial charge in [0.25, 0.3) is 0 Å². The molecule has 1 N–H and O–H groups in total. The lowest BCUT2D eigenvalue weighted by atomic mass is 10.1. The summed E-state index contributed by atoms with van der Waals surface area (Å²) in [6, 6.07) is 16.3. The molecule has 2 aromatic carbocycles. The molecule has 0 bridgehead atoms. The third-order valence-electron chi connectivity index (χ3n) is 4.14. The van der Waals surface area contributed by atoms with Crippen LogP contribution in [0.15, 0.2) is 54.7 Å². The Morgan fingerprint density at radius 1 is 0.952 bits per heavy atom. The maximum atomic E-state index is 9.92. The number of phenols is 1. The highest BCUT2D eigenvalue weighted by Crippen LogP contribution is 2.29. The van der Waals surface area contributed by atoms with Gasteiger partial charge in [0.1, 0.15) is 11.3 Å². The highest BCUT2D eigenvalue weighted by Gasteiger charge is 2.19. The number of phenolic OH excluding ortho intramolecular Hbond substituents is 1. The van der Waals surface area contributed by atoms with E-state index in [2.05, 4.69) is 34.1 Å². The summed E-state index contributed by atoms with van der Waals surface area (Å²) in [5, 5.41) is 11.0. The second kappa shape index (κ2) is 4.86. The lowest BCUT2D eigenvalue weighted by Gasteiger charge is -2.16. The van der Waals surface area contributed by atoms with Crippen molar-refractivity contribution in [2.45, 2.75) is 19.6 Å². The van der Waals surface area contributed by atoms with Gasteiger partial charge in [-0.1, -0.05) is 36.4 Å². The van der Waals surface area contributed by atoms with Crippen LogP contribution in [0, 0.1) is 0 Å². The molecular formula is C18H16N2O. The standard InChI is InChI=1S/C18H16N2O/c21-17-8-7-15(16-6-3-9-19-18(16)17)12-20-10-13-4-1-2-5-14(13)11-20/h1-9,21H,10-12H2. The summed E-state index contributed by atoms with van der Waals surface area (Å²) in [6.45, 7) is 2.84. The molecule has 0 spiro atoms. The number of nitrogens with zero attached hydrogens (tertiary/aromatic N) is 2. The van der Waals surface area contributed by atoms with E-state index in [0.717, 1.165) is 25.0 Å². The quantitative estimate of drug-likeness (QED) is 0.778. The molecular weight excluding hydrogens is 260 g/mol. The second-order valence-electron chi connectivity index (χ2n) is 5.56. The molecule has 3 heteroatoms. The first-order valence-corrected chi connectivity index (χ1v) is 7.16. The number of aromatic nitrogens is 1. The number of pyridine rings is 1. The Labute approximate surface area is 123 Å². The van der Waals surface area contributed by atoms with Crippen LogP contribution in [0.2, 0.25) is 0 Å². The molecule has 0 amide bonds. The predicted octanol–water partition coefficient (Wildman–Crippen LogP) is 3.46. The summed E-state index contributed by atoms with van der Waals surface area (Å²) < 4.78 is 0. The Bertz CT molecular complexity index is 788. The van der Waals surface area contributed by atoms with E-state index in [0.29, 0.717) is 5.52 Å². The minimum Gasteiger partial charge on any atom is -0.506 e. The average molecular weight is 276 g/mol. The van der Waals surface area contributed by atoms with Crippen LogP contribution in [0.25, 0.3) is 10.9 Å². The number of hydrogen-bond donors (Lipinski definition) is 1. The highest BCUT2D eigenvalue weighted by molar-refractivity contribution is 5.87. The van der Waals surface area contributed by atoms with E-state index in [-0.39, 0.29) is 5.75 Å². The molecule has 0 fully saturated rings. The number of rotatable bonds is 2. The maximum absolute atomic E-state index is 9.92.